The fraction of sp³-hybridized carbons (Fsp3) is 0.600. The molecule has 4 heteroatoms. The van der Waals surface area contributed by atoms with Gasteiger partial charge in [-0.15, -0.1) is 0 Å². The van der Waals surface area contributed by atoms with Gasteiger partial charge in [0.1, 0.15) is 11.6 Å². The van der Waals surface area contributed by atoms with E-state index in [-0.39, 0.29) is 11.9 Å². The average molecular weight is 330 g/mol. The highest BCUT2D eigenvalue weighted by Gasteiger charge is 2.25. The van der Waals surface area contributed by atoms with Crippen molar-refractivity contribution < 1.29 is 9.13 Å². The van der Waals surface area contributed by atoms with Crippen molar-refractivity contribution in [3.63, 3.8) is 0 Å². The molecule has 1 atom stereocenters. The summed E-state index contributed by atoms with van der Waals surface area (Å²) in [5.74, 6) is 1.14. The molecule has 0 heterocycles. The Balaban J connectivity index is 2.25. The van der Waals surface area contributed by atoms with Crippen LogP contribution in [0, 0.1) is 11.7 Å². The minimum absolute atomic E-state index is 0.238. The second-order valence-electron chi connectivity index (χ2n) is 5.15. The molecule has 19 heavy (non-hydrogen) atoms. The van der Waals surface area contributed by atoms with Gasteiger partial charge in [-0.1, -0.05) is 26.2 Å². The Morgan fingerprint density at radius 3 is 2.74 bits per heavy atom. The largest absolute Gasteiger partial charge is 0.496 e. The fourth-order valence-electron chi connectivity index (χ4n) is 2.62. The first kappa shape index (κ1) is 14.8. The van der Waals surface area contributed by atoms with E-state index in [2.05, 4.69) is 28.2 Å². The van der Waals surface area contributed by atoms with Gasteiger partial charge in [0.15, 0.2) is 0 Å². The number of methoxy groups -OCH3 is 1. The molecule has 0 aromatic heterocycles. The Bertz CT molecular complexity index is 434. The minimum Gasteiger partial charge on any atom is -0.496 e. The lowest BCUT2D eigenvalue weighted by Crippen LogP contribution is -2.26. The van der Waals surface area contributed by atoms with E-state index in [1.165, 1.54) is 25.3 Å². The van der Waals surface area contributed by atoms with Crippen LogP contribution in [-0.4, -0.2) is 13.7 Å². The third-order valence-electron chi connectivity index (χ3n) is 3.89. The van der Waals surface area contributed by atoms with Crippen LogP contribution < -0.4 is 10.1 Å². The highest BCUT2D eigenvalue weighted by molar-refractivity contribution is 9.10. The smallest absolute Gasteiger partial charge is 0.141 e. The lowest BCUT2D eigenvalue weighted by atomic mass is 9.79. The third kappa shape index (κ3) is 3.48. The van der Waals surface area contributed by atoms with Crippen molar-refractivity contribution in [2.24, 2.45) is 5.92 Å². The molecule has 1 saturated carbocycles. The van der Waals surface area contributed by atoms with E-state index < -0.39 is 0 Å². The molecular formula is C15H21BrFNO. The summed E-state index contributed by atoms with van der Waals surface area (Å²) in [4.78, 5) is 0. The summed E-state index contributed by atoms with van der Waals surface area (Å²) in [6, 6.07) is 3.55. The van der Waals surface area contributed by atoms with Crippen molar-refractivity contribution in [2.75, 3.05) is 13.7 Å². The summed E-state index contributed by atoms with van der Waals surface area (Å²) in [5, 5.41) is 3.50. The number of halogens is 2. The van der Waals surface area contributed by atoms with E-state index in [0.29, 0.717) is 10.2 Å². The second kappa shape index (κ2) is 6.71. The summed E-state index contributed by atoms with van der Waals surface area (Å²) in [7, 11) is 1.60. The first-order valence-electron chi connectivity index (χ1n) is 6.92. The Labute approximate surface area is 122 Å². The molecule has 1 fully saturated rings. The van der Waals surface area contributed by atoms with Gasteiger partial charge in [0, 0.05) is 17.7 Å². The predicted octanol–water partition coefficient (Wildman–Crippen LogP) is 4.44. The number of rotatable bonds is 6. The Morgan fingerprint density at radius 2 is 2.21 bits per heavy atom. The number of hydrogen-bond acceptors (Lipinski definition) is 2. The molecule has 2 nitrogen and oxygen atoms in total. The maximum absolute atomic E-state index is 13.6. The fourth-order valence-corrected chi connectivity index (χ4v) is 2.98. The maximum Gasteiger partial charge on any atom is 0.141 e. The van der Waals surface area contributed by atoms with E-state index in [1.807, 2.05) is 6.07 Å². The van der Waals surface area contributed by atoms with Crippen LogP contribution in [0.1, 0.15) is 44.2 Å². The van der Waals surface area contributed by atoms with Crippen molar-refractivity contribution in [3.8, 4) is 5.75 Å². The normalized spacial score (nSPS) is 17.1. The summed E-state index contributed by atoms with van der Waals surface area (Å²) in [6.07, 6.45) is 5.06. The molecule has 106 valence electrons. The lowest BCUT2D eigenvalue weighted by molar-refractivity contribution is 0.259. The number of benzene rings is 1. The molecular weight excluding hydrogens is 309 g/mol. The van der Waals surface area contributed by atoms with Gasteiger partial charge in [-0.25, -0.2) is 4.39 Å². The quantitative estimate of drug-likeness (QED) is 0.833. The summed E-state index contributed by atoms with van der Waals surface area (Å²) in [5.41, 5.74) is 1.05. The zero-order valence-electron chi connectivity index (χ0n) is 11.5. The molecule has 1 N–H and O–H groups in total. The van der Waals surface area contributed by atoms with Gasteiger partial charge in [-0.2, -0.15) is 0 Å². The van der Waals surface area contributed by atoms with Crippen LogP contribution in [0.25, 0.3) is 0 Å². The molecule has 1 unspecified atom stereocenters. The average Bonchev–Trinajstić information content (AvgIpc) is 2.35. The number of ether oxygens (including phenoxy) is 1. The molecule has 1 aromatic carbocycles. The SMILES string of the molecule is CCNC(CC1CCC1)c1cc(Br)c(F)cc1OC. The van der Waals surface area contributed by atoms with Crippen molar-refractivity contribution in [1.82, 2.24) is 5.32 Å². The van der Waals surface area contributed by atoms with E-state index in [9.17, 15) is 4.39 Å². The Hall–Kier alpha value is -0.610. The summed E-state index contributed by atoms with van der Waals surface area (Å²) < 4.78 is 19.4. The van der Waals surface area contributed by atoms with Crippen molar-refractivity contribution >= 4 is 15.9 Å². The van der Waals surface area contributed by atoms with Crippen molar-refractivity contribution in [3.05, 3.63) is 28.0 Å². The second-order valence-corrected chi connectivity index (χ2v) is 6.01. The summed E-state index contributed by atoms with van der Waals surface area (Å²) >= 11 is 3.27. The first-order valence-corrected chi connectivity index (χ1v) is 7.71. The molecule has 0 radical (unpaired) electrons. The molecule has 0 aliphatic heterocycles. The van der Waals surface area contributed by atoms with Gasteiger partial charge in [-0.3, -0.25) is 0 Å². The zero-order valence-corrected chi connectivity index (χ0v) is 13.1. The van der Waals surface area contributed by atoms with Crippen LogP contribution in [0.5, 0.6) is 5.75 Å². The monoisotopic (exact) mass is 329 g/mol. The maximum atomic E-state index is 13.6. The Kier molecular flexibility index (Phi) is 5.22. The van der Waals surface area contributed by atoms with Crippen LogP contribution in [0.4, 0.5) is 4.39 Å². The van der Waals surface area contributed by atoms with Gasteiger partial charge < -0.3 is 10.1 Å². The van der Waals surface area contributed by atoms with Crippen LogP contribution in [-0.2, 0) is 0 Å². The van der Waals surface area contributed by atoms with Crippen molar-refractivity contribution in [1.29, 1.82) is 0 Å². The summed E-state index contributed by atoms with van der Waals surface area (Å²) in [6.45, 7) is 2.99. The Morgan fingerprint density at radius 1 is 1.47 bits per heavy atom. The number of nitrogens with one attached hydrogen (secondary N) is 1. The zero-order chi connectivity index (χ0) is 13.8. The molecule has 1 aliphatic carbocycles. The van der Waals surface area contributed by atoms with E-state index in [0.717, 1.165) is 24.4 Å². The lowest BCUT2D eigenvalue weighted by Gasteiger charge is -2.31. The molecule has 1 aliphatic rings. The van der Waals surface area contributed by atoms with Gasteiger partial charge in [0.05, 0.1) is 11.6 Å². The highest BCUT2D eigenvalue weighted by atomic mass is 79.9. The first-order chi connectivity index (χ1) is 9.15. The molecule has 0 amide bonds. The molecule has 0 saturated heterocycles. The van der Waals surface area contributed by atoms with Gasteiger partial charge in [-0.05, 0) is 40.9 Å². The molecule has 2 rings (SSSR count). The van der Waals surface area contributed by atoms with Gasteiger partial charge >= 0.3 is 0 Å². The van der Waals surface area contributed by atoms with Gasteiger partial charge in [0.2, 0.25) is 0 Å². The van der Waals surface area contributed by atoms with Crippen molar-refractivity contribution in [2.45, 2.75) is 38.6 Å². The van der Waals surface area contributed by atoms with Crippen LogP contribution in [0.15, 0.2) is 16.6 Å². The minimum atomic E-state index is -0.278. The van der Waals surface area contributed by atoms with Crippen LogP contribution in [0.2, 0.25) is 0 Å². The standard InChI is InChI=1S/C15H21BrFNO/c1-3-18-14(7-10-5-4-6-10)11-8-12(16)13(17)9-15(11)19-2/h8-10,14,18H,3-7H2,1-2H3. The van der Waals surface area contributed by atoms with Gasteiger partial charge in [0.25, 0.3) is 0 Å². The topological polar surface area (TPSA) is 21.3 Å². The van der Waals surface area contributed by atoms with E-state index in [1.54, 1.807) is 7.11 Å². The predicted molar refractivity (Wildman–Crippen MR) is 79.0 cm³/mol. The third-order valence-corrected chi connectivity index (χ3v) is 4.50. The highest BCUT2D eigenvalue weighted by Crippen LogP contribution is 2.38. The van der Waals surface area contributed by atoms with Crippen LogP contribution in [0.3, 0.4) is 0 Å². The van der Waals surface area contributed by atoms with E-state index in [4.69, 9.17) is 4.74 Å². The molecule has 0 spiro atoms. The van der Waals surface area contributed by atoms with Crippen LogP contribution >= 0.6 is 15.9 Å². The van der Waals surface area contributed by atoms with E-state index >= 15 is 0 Å². The number of hydrogen-bond donors (Lipinski definition) is 1. The molecule has 0 bridgehead atoms. The molecule has 1 aromatic rings.